The number of phenols is 1. The Morgan fingerprint density at radius 1 is 1.23 bits per heavy atom. The van der Waals surface area contributed by atoms with Crippen molar-refractivity contribution in [1.29, 1.82) is 0 Å². The maximum atomic E-state index is 13.1. The van der Waals surface area contributed by atoms with Gasteiger partial charge in [0.15, 0.2) is 0 Å². The first-order chi connectivity index (χ1) is 14.3. The number of nitrogens with one attached hydrogen (secondary N) is 1. The van der Waals surface area contributed by atoms with Crippen molar-refractivity contribution < 1.29 is 15.0 Å². The van der Waals surface area contributed by atoms with Gasteiger partial charge in [0.2, 0.25) is 0 Å². The molecule has 0 unspecified atom stereocenters. The first-order valence-corrected chi connectivity index (χ1v) is 10.3. The fraction of sp³-hybridized carbons (Fsp3) is 0.304. The number of halogens is 1. The van der Waals surface area contributed by atoms with E-state index in [0.717, 1.165) is 11.1 Å². The molecular weight excluding hydrogens is 402 g/mol. The number of H-pyrrole nitrogens is 1. The topological polar surface area (TPSA) is 89.5 Å². The second kappa shape index (κ2) is 7.78. The van der Waals surface area contributed by atoms with Crippen LogP contribution in [-0.2, 0) is 0 Å². The van der Waals surface area contributed by atoms with E-state index in [0.29, 0.717) is 33.5 Å². The molecule has 7 heteroatoms. The number of aromatic hydroxyl groups is 1. The number of benzene rings is 2. The van der Waals surface area contributed by atoms with E-state index in [1.165, 1.54) is 5.56 Å². The maximum absolute atomic E-state index is 13.1. The molecule has 3 N–H and O–H groups in total. The smallest absolute Gasteiger partial charge is 0.273 e. The summed E-state index contributed by atoms with van der Waals surface area (Å²) in [4.78, 5) is 14.7. The van der Waals surface area contributed by atoms with E-state index in [-0.39, 0.29) is 24.8 Å². The molecule has 0 saturated heterocycles. The minimum absolute atomic E-state index is 0.0492. The van der Waals surface area contributed by atoms with Crippen molar-refractivity contribution in [3.05, 3.63) is 69.4 Å². The molecule has 6 nitrogen and oxygen atoms in total. The third-order valence-electron chi connectivity index (χ3n) is 5.66. The average Bonchev–Trinajstić information content (AvgIpc) is 3.25. The Kier molecular flexibility index (Phi) is 5.30. The number of aromatic nitrogens is 2. The normalized spacial score (nSPS) is 15.9. The quantitative estimate of drug-likeness (QED) is 0.565. The maximum Gasteiger partial charge on any atom is 0.273 e. The summed E-state index contributed by atoms with van der Waals surface area (Å²) in [6, 6.07) is 11.0. The summed E-state index contributed by atoms with van der Waals surface area (Å²) in [5.74, 6) is 0.214. The highest BCUT2D eigenvalue weighted by molar-refractivity contribution is 6.31. The number of carbonyl (C=O) groups excluding carboxylic acids is 1. The highest BCUT2D eigenvalue weighted by atomic mass is 35.5. The molecular formula is C23H24ClN3O3. The molecule has 1 aliphatic heterocycles. The number of rotatable bonds is 5. The molecule has 1 aliphatic rings. The van der Waals surface area contributed by atoms with Crippen LogP contribution in [0.4, 0.5) is 0 Å². The van der Waals surface area contributed by atoms with Crippen molar-refractivity contribution in [3.63, 3.8) is 0 Å². The number of nitrogens with zero attached hydrogens (tertiary/aromatic N) is 2. The fourth-order valence-corrected chi connectivity index (χ4v) is 4.17. The highest BCUT2D eigenvalue weighted by Gasteiger charge is 2.42. The van der Waals surface area contributed by atoms with Crippen molar-refractivity contribution in [2.24, 2.45) is 0 Å². The largest absolute Gasteiger partial charge is 0.507 e. The molecule has 0 fully saturated rings. The first kappa shape index (κ1) is 20.4. The van der Waals surface area contributed by atoms with E-state index in [2.05, 4.69) is 36.2 Å². The van der Waals surface area contributed by atoms with E-state index < -0.39 is 6.04 Å². The molecule has 1 atom stereocenters. The minimum Gasteiger partial charge on any atom is -0.507 e. The Morgan fingerprint density at radius 3 is 2.57 bits per heavy atom. The molecule has 2 heterocycles. The summed E-state index contributed by atoms with van der Waals surface area (Å²) in [5.41, 5.74) is 4.87. The predicted molar refractivity (Wildman–Crippen MR) is 116 cm³/mol. The SMILES string of the molecule is Cc1cc(O)c(-c2n[nH]c3c2[C@@H](c2ccc(C(C)C)cc2)N(CCO)C3=O)cc1Cl. The van der Waals surface area contributed by atoms with Gasteiger partial charge in [-0.2, -0.15) is 5.10 Å². The number of aliphatic hydroxyl groups excluding tert-OH is 1. The Bertz CT molecular complexity index is 1110. The van der Waals surface area contributed by atoms with Crippen LogP contribution >= 0.6 is 11.6 Å². The lowest BCUT2D eigenvalue weighted by molar-refractivity contribution is 0.0706. The monoisotopic (exact) mass is 425 g/mol. The third-order valence-corrected chi connectivity index (χ3v) is 6.06. The van der Waals surface area contributed by atoms with Crippen LogP contribution in [0.15, 0.2) is 36.4 Å². The van der Waals surface area contributed by atoms with E-state index in [4.69, 9.17) is 11.6 Å². The molecule has 0 bridgehead atoms. The fourth-order valence-electron chi connectivity index (χ4n) is 4.01. The van der Waals surface area contributed by atoms with E-state index in [1.807, 2.05) is 19.1 Å². The van der Waals surface area contributed by atoms with Gasteiger partial charge in [-0.1, -0.05) is 49.7 Å². The summed E-state index contributed by atoms with van der Waals surface area (Å²) in [7, 11) is 0. The van der Waals surface area contributed by atoms with Crippen LogP contribution in [0.25, 0.3) is 11.3 Å². The molecule has 0 saturated carbocycles. The molecule has 30 heavy (non-hydrogen) atoms. The summed E-state index contributed by atoms with van der Waals surface area (Å²) >= 11 is 6.30. The standard InChI is InChI=1S/C23H24ClN3O3/c1-12(2)14-4-6-15(7-5-14)22-19-20(16-11-17(24)13(3)10-18(16)29)25-26-21(19)23(30)27(22)8-9-28/h4-7,10-12,22,28-29H,8-9H2,1-3H3,(H,25,26)/t22-/m1/s1. The van der Waals surface area contributed by atoms with Gasteiger partial charge in [-0.25, -0.2) is 0 Å². The molecule has 0 spiro atoms. The van der Waals surface area contributed by atoms with Crippen molar-refractivity contribution in [1.82, 2.24) is 15.1 Å². The summed E-state index contributed by atoms with van der Waals surface area (Å²) in [6.07, 6.45) is 0. The van der Waals surface area contributed by atoms with Gasteiger partial charge >= 0.3 is 0 Å². The number of hydrogen-bond donors (Lipinski definition) is 3. The Hall–Kier alpha value is -2.83. The van der Waals surface area contributed by atoms with Crippen molar-refractivity contribution in [2.45, 2.75) is 32.7 Å². The van der Waals surface area contributed by atoms with Crippen LogP contribution in [0, 0.1) is 6.92 Å². The molecule has 1 amide bonds. The number of β-amino-alcohol motifs (C(OH)–C–C–N with tert-alkyl or cyclic N) is 1. The summed E-state index contributed by atoms with van der Waals surface area (Å²) in [6.45, 7) is 6.11. The lowest BCUT2D eigenvalue weighted by atomic mass is 9.93. The van der Waals surface area contributed by atoms with Gasteiger partial charge in [0.1, 0.15) is 17.1 Å². The van der Waals surface area contributed by atoms with Crippen LogP contribution in [0.2, 0.25) is 5.02 Å². The van der Waals surface area contributed by atoms with Crippen LogP contribution in [-0.4, -0.2) is 44.4 Å². The van der Waals surface area contributed by atoms with E-state index >= 15 is 0 Å². The number of amides is 1. The molecule has 4 rings (SSSR count). The predicted octanol–water partition coefficient (Wildman–Crippen LogP) is 4.41. The molecule has 0 aliphatic carbocycles. The zero-order valence-electron chi connectivity index (χ0n) is 17.1. The molecule has 3 aromatic rings. The van der Waals surface area contributed by atoms with Gasteiger partial charge in [0, 0.05) is 22.7 Å². The Morgan fingerprint density at radius 2 is 1.93 bits per heavy atom. The zero-order chi connectivity index (χ0) is 21.6. The number of carbonyl (C=O) groups is 1. The minimum atomic E-state index is -0.422. The van der Waals surface area contributed by atoms with Crippen LogP contribution in [0.5, 0.6) is 5.75 Å². The molecule has 2 aromatic carbocycles. The second-order valence-corrected chi connectivity index (χ2v) is 8.33. The van der Waals surface area contributed by atoms with Gasteiger partial charge in [0.05, 0.1) is 12.6 Å². The molecule has 156 valence electrons. The third kappa shape index (κ3) is 3.26. The van der Waals surface area contributed by atoms with Gasteiger partial charge < -0.3 is 15.1 Å². The van der Waals surface area contributed by atoms with Gasteiger partial charge in [-0.3, -0.25) is 9.89 Å². The van der Waals surface area contributed by atoms with E-state index in [9.17, 15) is 15.0 Å². The van der Waals surface area contributed by atoms with Crippen molar-refractivity contribution >= 4 is 17.5 Å². The Labute approximate surface area is 180 Å². The number of aliphatic hydroxyl groups is 1. The first-order valence-electron chi connectivity index (χ1n) is 9.92. The number of phenolic OH excluding ortho intramolecular Hbond substituents is 1. The lowest BCUT2D eigenvalue weighted by Crippen LogP contribution is -2.32. The van der Waals surface area contributed by atoms with Crippen molar-refractivity contribution in [2.75, 3.05) is 13.2 Å². The van der Waals surface area contributed by atoms with E-state index in [1.54, 1.807) is 17.0 Å². The molecule has 0 radical (unpaired) electrons. The average molecular weight is 426 g/mol. The van der Waals surface area contributed by atoms with Crippen LogP contribution < -0.4 is 0 Å². The zero-order valence-corrected chi connectivity index (χ0v) is 17.9. The van der Waals surface area contributed by atoms with Gasteiger partial charge in [-0.05, 0) is 41.7 Å². The molecule has 1 aromatic heterocycles. The van der Waals surface area contributed by atoms with Crippen LogP contribution in [0.3, 0.4) is 0 Å². The summed E-state index contributed by atoms with van der Waals surface area (Å²) in [5, 5.41) is 27.8. The van der Waals surface area contributed by atoms with Gasteiger partial charge in [0.25, 0.3) is 5.91 Å². The Balaban J connectivity index is 1.89. The number of aromatic amines is 1. The highest BCUT2D eigenvalue weighted by Crippen LogP contribution is 2.45. The van der Waals surface area contributed by atoms with Crippen LogP contribution in [0.1, 0.15) is 58.5 Å². The lowest BCUT2D eigenvalue weighted by Gasteiger charge is -2.26. The number of hydrogen-bond acceptors (Lipinski definition) is 4. The summed E-state index contributed by atoms with van der Waals surface area (Å²) < 4.78 is 0. The number of aryl methyl sites for hydroxylation is 1. The second-order valence-electron chi connectivity index (χ2n) is 7.93. The number of fused-ring (bicyclic) bond motifs is 1. The van der Waals surface area contributed by atoms with Gasteiger partial charge in [-0.15, -0.1) is 0 Å². The van der Waals surface area contributed by atoms with Crippen molar-refractivity contribution in [3.8, 4) is 17.0 Å².